The van der Waals surface area contributed by atoms with Crippen LogP contribution in [0.25, 0.3) is 0 Å². The van der Waals surface area contributed by atoms with Crippen molar-refractivity contribution in [1.82, 2.24) is 9.13 Å². The van der Waals surface area contributed by atoms with E-state index in [-0.39, 0.29) is 17.8 Å². The summed E-state index contributed by atoms with van der Waals surface area (Å²) in [6.45, 7) is 3.15. The Morgan fingerprint density at radius 1 is 1.33 bits per heavy atom. The maximum absolute atomic E-state index is 12.3. The number of aromatic nitrogens is 2. The predicted octanol–water partition coefficient (Wildman–Crippen LogP) is 1.67. The number of halogens is 1. The van der Waals surface area contributed by atoms with Gasteiger partial charge >= 0.3 is 5.69 Å². The molecule has 0 atom stereocenters. The summed E-state index contributed by atoms with van der Waals surface area (Å²) in [5.41, 5.74) is 1.15. The van der Waals surface area contributed by atoms with Crippen molar-refractivity contribution < 1.29 is 4.74 Å². The number of rotatable bonds is 3. The molecule has 0 bridgehead atoms. The Hall–Kier alpha value is -2.01. The van der Waals surface area contributed by atoms with E-state index in [1.165, 1.54) is 21.4 Å². The number of nitrogens with zero attached hydrogens (tertiary/aromatic N) is 2. The van der Waals surface area contributed by atoms with Gasteiger partial charge in [0, 0.05) is 35.8 Å². The van der Waals surface area contributed by atoms with Crippen LogP contribution in [-0.2, 0) is 19.5 Å². The number of fused-ring (bicyclic) bond motifs is 1. The summed E-state index contributed by atoms with van der Waals surface area (Å²) < 4.78 is 8.31. The highest BCUT2D eigenvalue weighted by molar-refractivity contribution is 6.30. The topological polar surface area (TPSA) is 53.2 Å². The van der Waals surface area contributed by atoms with E-state index in [1.807, 2.05) is 13.0 Å². The van der Waals surface area contributed by atoms with E-state index >= 15 is 0 Å². The first kappa shape index (κ1) is 13.9. The van der Waals surface area contributed by atoms with Gasteiger partial charge in [0.1, 0.15) is 5.75 Å². The molecule has 110 valence electrons. The Kier molecular flexibility index (Phi) is 3.59. The zero-order valence-electron chi connectivity index (χ0n) is 11.6. The summed E-state index contributed by atoms with van der Waals surface area (Å²) in [5.74, 6) is 0.748. The van der Waals surface area contributed by atoms with Crippen molar-refractivity contribution in [3.05, 3.63) is 61.4 Å². The van der Waals surface area contributed by atoms with E-state index in [0.29, 0.717) is 18.2 Å². The van der Waals surface area contributed by atoms with Crippen LogP contribution in [0.3, 0.4) is 0 Å². The number of hydrogen-bond donors (Lipinski definition) is 0. The molecule has 0 spiro atoms. The Bertz CT molecular complexity index is 808. The molecule has 2 heterocycles. The third-order valence-electron chi connectivity index (χ3n) is 3.63. The van der Waals surface area contributed by atoms with Gasteiger partial charge in [-0.3, -0.25) is 9.36 Å². The van der Waals surface area contributed by atoms with E-state index in [0.717, 1.165) is 23.3 Å². The van der Waals surface area contributed by atoms with E-state index in [1.54, 1.807) is 6.07 Å². The SMILES string of the molecule is CCn1ccc(=O)n(Cc2cc(Cl)cc3c2OCC3)c1=O. The number of hydrogen-bond acceptors (Lipinski definition) is 3. The number of benzene rings is 1. The molecule has 0 fully saturated rings. The molecule has 0 radical (unpaired) electrons. The quantitative estimate of drug-likeness (QED) is 0.867. The lowest BCUT2D eigenvalue weighted by molar-refractivity contribution is 0.352. The first-order valence-electron chi connectivity index (χ1n) is 6.84. The fourth-order valence-electron chi connectivity index (χ4n) is 2.58. The van der Waals surface area contributed by atoms with Crippen LogP contribution in [0, 0.1) is 0 Å². The van der Waals surface area contributed by atoms with Gasteiger partial charge < -0.3 is 9.30 Å². The van der Waals surface area contributed by atoms with Crippen molar-refractivity contribution in [3.8, 4) is 5.75 Å². The molecule has 1 aromatic heterocycles. The lowest BCUT2D eigenvalue weighted by Gasteiger charge is -2.11. The molecule has 0 N–H and O–H groups in total. The predicted molar refractivity (Wildman–Crippen MR) is 80.4 cm³/mol. The van der Waals surface area contributed by atoms with Crippen LogP contribution in [-0.4, -0.2) is 15.7 Å². The van der Waals surface area contributed by atoms with E-state index in [4.69, 9.17) is 16.3 Å². The molecular formula is C15H15ClN2O3. The molecule has 1 aromatic carbocycles. The van der Waals surface area contributed by atoms with Crippen LogP contribution in [0.1, 0.15) is 18.1 Å². The van der Waals surface area contributed by atoms with Gasteiger partial charge in [-0.05, 0) is 24.6 Å². The van der Waals surface area contributed by atoms with E-state index in [9.17, 15) is 9.59 Å². The Balaban J connectivity index is 2.10. The molecule has 0 aliphatic carbocycles. The van der Waals surface area contributed by atoms with Gasteiger partial charge in [-0.1, -0.05) is 11.6 Å². The van der Waals surface area contributed by atoms with Crippen molar-refractivity contribution in [2.75, 3.05) is 6.61 Å². The van der Waals surface area contributed by atoms with Gasteiger partial charge in [-0.2, -0.15) is 0 Å². The molecule has 1 aliphatic rings. The van der Waals surface area contributed by atoms with Gasteiger partial charge in [0.05, 0.1) is 13.2 Å². The van der Waals surface area contributed by atoms with Crippen molar-refractivity contribution in [1.29, 1.82) is 0 Å². The second-order valence-corrected chi connectivity index (χ2v) is 5.40. The summed E-state index contributed by atoms with van der Waals surface area (Å²) in [7, 11) is 0. The summed E-state index contributed by atoms with van der Waals surface area (Å²) in [6, 6.07) is 5.02. The van der Waals surface area contributed by atoms with Crippen LogP contribution >= 0.6 is 11.6 Å². The third-order valence-corrected chi connectivity index (χ3v) is 3.85. The molecule has 6 heteroatoms. The third kappa shape index (κ3) is 2.49. The highest BCUT2D eigenvalue weighted by atomic mass is 35.5. The standard InChI is InChI=1S/C15H15ClN2O3/c1-2-17-5-3-13(19)18(15(17)20)9-11-8-12(16)7-10-4-6-21-14(10)11/h3,5,7-8H,2,4,6,9H2,1H3. The lowest BCUT2D eigenvalue weighted by atomic mass is 10.1. The fourth-order valence-corrected chi connectivity index (χ4v) is 2.84. The van der Waals surface area contributed by atoms with Crippen LogP contribution < -0.4 is 16.0 Å². The Morgan fingerprint density at radius 2 is 2.14 bits per heavy atom. The van der Waals surface area contributed by atoms with Gasteiger partial charge in [0.25, 0.3) is 5.56 Å². The van der Waals surface area contributed by atoms with Crippen molar-refractivity contribution >= 4 is 11.6 Å². The van der Waals surface area contributed by atoms with Crippen LogP contribution in [0.2, 0.25) is 5.02 Å². The molecule has 0 amide bonds. The summed E-state index contributed by atoms with van der Waals surface area (Å²) in [5, 5.41) is 0.592. The smallest absolute Gasteiger partial charge is 0.331 e. The minimum absolute atomic E-state index is 0.168. The minimum atomic E-state index is -0.323. The normalized spacial score (nSPS) is 13.0. The maximum atomic E-state index is 12.3. The fraction of sp³-hybridized carbons (Fsp3) is 0.333. The first-order chi connectivity index (χ1) is 10.1. The average molecular weight is 307 g/mol. The van der Waals surface area contributed by atoms with E-state index < -0.39 is 0 Å². The van der Waals surface area contributed by atoms with E-state index in [2.05, 4.69) is 0 Å². The molecule has 21 heavy (non-hydrogen) atoms. The minimum Gasteiger partial charge on any atom is -0.493 e. The van der Waals surface area contributed by atoms with Gasteiger partial charge in [0.15, 0.2) is 0 Å². The molecule has 0 saturated carbocycles. The number of ether oxygens (including phenoxy) is 1. The number of aryl methyl sites for hydroxylation is 1. The van der Waals surface area contributed by atoms with Crippen LogP contribution in [0.15, 0.2) is 34.0 Å². The zero-order valence-corrected chi connectivity index (χ0v) is 12.4. The van der Waals surface area contributed by atoms with Gasteiger partial charge in [-0.15, -0.1) is 0 Å². The van der Waals surface area contributed by atoms with Crippen molar-refractivity contribution in [3.63, 3.8) is 0 Å². The first-order valence-corrected chi connectivity index (χ1v) is 7.22. The molecule has 0 unspecified atom stereocenters. The molecule has 2 aromatic rings. The monoisotopic (exact) mass is 306 g/mol. The summed E-state index contributed by atoms with van der Waals surface area (Å²) >= 11 is 6.11. The van der Waals surface area contributed by atoms with Crippen LogP contribution in [0.4, 0.5) is 0 Å². The van der Waals surface area contributed by atoms with Crippen LogP contribution in [0.5, 0.6) is 5.75 Å². The Morgan fingerprint density at radius 3 is 2.90 bits per heavy atom. The highest BCUT2D eigenvalue weighted by Gasteiger charge is 2.18. The largest absolute Gasteiger partial charge is 0.493 e. The van der Waals surface area contributed by atoms with Gasteiger partial charge in [-0.25, -0.2) is 4.79 Å². The second-order valence-electron chi connectivity index (χ2n) is 4.96. The lowest BCUT2D eigenvalue weighted by Crippen LogP contribution is -2.39. The second kappa shape index (κ2) is 5.41. The summed E-state index contributed by atoms with van der Waals surface area (Å²) in [4.78, 5) is 24.2. The average Bonchev–Trinajstić information content (AvgIpc) is 2.91. The summed E-state index contributed by atoms with van der Waals surface area (Å²) in [6.07, 6.45) is 2.31. The molecule has 1 aliphatic heterocycles. The maximum Gasteiger partial charge on any atom is 0.331 e. The van der Waals surface area contributed by atoms with Crippen molar-refractivity contribution in [2.45, 2.75) is 26.4 Å². The zero-order chi connectivity index (χ0) is 15.0. The molecule has 5 nitrogen and oxygen atoms in total. The van der Waals surface area contributed by atoms with Crippen molar-refractivity contribution in [2.24, 2.45) is 0 Å². The molecule has 0 saturated heterocycles. The molecular weight excluding hydrogens is 292 g/mol. The highest BCUT2D eigenvalue weighted by Crippen LogP contribution is 2.32. The Labute approximate surface area is 126 Å². The molecule has 3 rings (SSSR count). The van der Waals surface area contributed by atoms with Gasteiger partial charge in [0.2, 0.25) is 0 Å².